The van der Waals surface area contributed by atoms with Crippen molar-refractivity contribution in [2.75, 3.05) is 0 Å². The lowest BCUT2D eigenvalue weighted by Crippen LogP contribution is -2.27. The van der Waals surface area contributed by atoms with E-state index < -0.39 is 0 Å². The number of aromatic nitrogens is 2. The van der Waals surface area contributed by atoms with Crippen molar-refractivity contribution in [3.8, 4) is 0 Å². The van der Waals surface area contributed by atoms with E-state index >= 15 is 0 Å². The van der Waals surface area contributed by atoms with Gasteiger partial charge in [-0.15, -0.1) is 11.3 Å². The number of hydrogen-bond acceptors (Lipinski definition) is 4. The molecule has 0 spiro atoms. The van der Waals surface area contributed by atoms with Gasteiger partial charge in [0.05, 0.1) is 11.9 Å². The Morgan fingerprint density at radius 2 is 2.00 bits per heavy atom. The molecule has 0 aliphatic heterocycles. The molecule has 0 saturated carbocycles. The Kier molecular flexibility index (Phi) is 5.65. The molecule has 1 atom stereocenters. The molecule has 1 aliphatic carbocycles. The summed E-state index contributed by atoms with van der Waals surface area (Å²) in [5.74, 6) is 1.17. The van der Waals surface area contributed by atoms with Gasteiger partial charge in [-0.3, -0.25) is 4.79 Å². The number of aromatic amines is 1. The van der Waals surface area contributed by atoms with Crippen molar-refractivity contribution in [1.82, 2.24) is 15.3 Å². The topological polar surface area (TPSA) is 57.8 Å². The first-order chi connectivity index (χ1) is 13.6. The highest BCUT2D eigenvalue weighted by Crippen LogP contribution is 2.34. The molecule has 3 aromatic rings. The van der Waals surface area contributed by atoms with Crippen LogP contribution in [0.3, 0.4) is 0 Å². The van der Waals surface area contributed by atoms with E-state index in [0.717, 1.165) is 41.7 Å². The van der Waals surface area contributed by atoms with Crippen LogP contribution in [0.4, 0.5) is 0 Å². The van der Waals surface area contributed by atoms with Gasteiger partial charge in [0.15, 0.2) is 0 Å². The highest BCUT2D eigenvalue weighted by molar-refractivity contribution is 7.18. The zero-order valence-electron chi connectivity index (χ0n) is 17.0. The molecule has 1 aliphatic rings. The fourth-order valence-electron chi connectivity index (χ4n) is 4.26. The third-order valence-electron chi connectivity index (χ3n) is 5.66. The Morgan fingerprint density at radius 1 is 1.21 bits per heavy atom. The first kappa shape index (κ1) is 19.3. The summed E-state index contributed by atoms with van der Waals surface area (Å²) in [5.41, 5.74) is 3.93. The zero-order chi connectivity index (χ0) is 19.7. The van der Waals surface area contributed by atoms with Crippen molar-refractivity contribution in [1.29, 1.82) is 0 Å². The maximum Gasteiger partial charge on any atom is 0.259 e. The minimum Gasteiger partial charge on any atom is -0.309 e. The summed E-state index contributed by atoms with van der Waals surface area (Å²) in [6, 6.07) is 9.15. The van der Waals surface area contributed by atoms with Gasteiger partial charge in [0, 0.05) is 10.9 Å². The predicted octanol–water partition coefficient (Wildman–Crippen LogP) is 4.91. The third kappa shape index (κ3) is 3.78. The number of benzene rings is 1. The molecule has 2 heterocycles. The second-order valence-corrected chi connectivity index (χ2v) is 9.23. The molecule has 0 radical (unpaired) electrons. The Bertz CT molecular complexity index is 1020. The SMILES string of the molecule is CCCc1ccc([C@H](NCc2nc3sc4c(c3c(=O)[nH]2)CCC4)C(C)C)cc1. The molecule has 0 amide bonds. The van der Waals surface area contributed by atoms with Crippen LogP contribution in [0.2, 0.25) is 0 Å². The molecule has 0 unspecified atom stereocenters. The quantitative estimate of drug-likeness (QED) is 0.597. The van der Waals surface area contributed by atoms with Crippen molar-refractivity contribution in [2.45, 2.75) is 65.5 Å². The summed E-state index contributed by atoms with van der Waals surface area (Å²) < 4.78 is 0. The van der Waals surface area contributed by atoms with Crippen LogP contribution in [0, 0.1) is 5.92 Å². The van der Waals surface area contributed by atoms with Crippen molar-refractivity contribution >= 4 is 21.6 Å². The van der Waals surface area contributed by atoms with E-state index in [0.29, 0.717) is 12.5 Å². The van der Waals surface area contributed by atoms with Crippen LogP contribution < -0.4 is 10.9 Å². The van der Waals surface area contributed by atoms with E-state index in [-0.39, 0.29) is 11.6 Å². The minimum atomic E-state index is 0.0196. The summed E-state index contributed by atoms with van der Waals surface area (Å²) in [5, 5.41) is 4.44. The first-order valence-electron chi connectivity index (χ1n) is 10.4. The van der Waals surface area contributed by atoms with Gasteiger partial charge in [0.1, 0.15) is 10.7 Å². The summed E-state index contributed by atoms with van der Waals surface area (Å²) in [6.45, 7) is 7.22. The monoisotopic (exact) mass is 395 g/mol. The fourth-order valence-corrected chi connectivity index (χ4v) is 5.54. The number of aryl methyl sites for hydroxylation is 3. The van der Waals surface area contributed by atoms with Crippen molar-refractivity contribution in [3.63, 3.8) is 0 Å². The molecule has 4 rings (SSSR count). The molecule has 28 heavy (non-hydrogen) atoms. The maximum atomic E-state index is 12.7. The van der Waals surface area contributed by atoms with Crippen molar-refractivity contribution < 1.29 is 0 Å². The summed E-state index contributed by atoms with van der Waals surface area (Å²) in [6.07, 6.45) is 5.55. The first-order valence-corrected chi connectivity index (χ1v) is 11.2. The Morgan fingerprint density at radius 3 is 2.71 bits per heavy atom. The van der Waals surface area contributed by atoms with E-state index in [1.54, 1.807) is 11.3 Å². The normalized spacial score (nSPS) is 14.7. The van der Waals surface area contributed by atoms with E-state index in [4.69, 9.17) is 4.98 Å². The van der Waals surface area contributed by atoms with E-state index in [9.17, 15) is 4.79 Å². The second kappa shape index (κ2) is 8.18. The molecule has 4 nitrogen and oxygen atoms in total. The third-order valence-corrected chi connectivity index (χ3v) is 6.84. The summed E-state index contributed by atoms with van der Waals surface area (Å²) in [4.78, 5) is 22.7. The predicted molar refractivity (Wildman–Crippen MR) is 117 cm³/mol. The number of fused-ring (bicyclic) bond motifs is 3. The van der Waals surface area contributed by atoms with Crippen LogP contribution in [-0.4, -0.2) is 9.97 Å². The number of hydrogen-bond donors (Lipinski definition) is 2. The lowest BCUT2D eigenvalue weighted by atomic mass is 9.94. The number of rotatable bonds is 7. The Hall–Kier alpha value is -1.98. The van der Waals surface area contributed by atoms with Gasteiger partial charge in [-0.25, -0.2) is 4.98 Å². The fraction of sp³-hybridized carbons (Fsp3) is 0.478. The lowest BCUT2D eigenvalue weighted by molar-refractivity contribution is 0.406. The summed E-state index contributed by atoms with van der Waals surface area (Å²) in [7, 11) is 0. The van der Waals surface area contributed by atoms with Gasteiger partial charge in [-0.2, -0.15) is 0 Å². The van der Waals surface area contributed by atoms with Crippen LogP contribution in [0.25, 0.3) is 10.2 Å². The highest BCUT2D eigenvalue weighted by atomic mass is 32.1. The minimum absolute atomic E-state index is 0.0196. The van der Waals surface area contributed by atoms with Crippen LogP contribution in [0.15, 0.2) is 29.1 Å². The van der Waals surface area contributed by atoms with Gasteiger partial charge in [0.25, 0.3) is 5.56 Å². The number of nitrogens with zero attached hydrogens (tertiary/aromatic N) is 1. The average Bonchev–Trinajstić information content (AvgIpc) is 3.24. The smallest absolute Gasteiger partial charge is 0.259 e. The molecule has 2 aromatic heterocycles. The maximum absolute atomic E-state index is 12.7. The molecule has 1 aromatic carbocycles. The average molecular weight is 396 g/mol. The zero-order valence-corrected chi connectivity index (χ0v) is 17.8. The largest absolute Gasteiger partial charge is 0.309 e. The highest BCUT2D eigenvalue weighted by Gasteiger charge is 2.21. The van der Waals surface area contributed by atoms with Crippen LogP contribution in [-0.2, 0) is 25.8 Å². The van der Waals surface area contributed by atoms with E-state index in [1.807, 2.05) is 0 Å². The number of H-pyrrole nitrogens is 1. The van der Waals surface area contributed by atoms with Gasteiger partial charge in [0.2, 0.25) is 0 Å². The molecular weight excluding hydrogens is 366 g/mol. The molecule has 5 heteroatoms. The number of thiophene rings is 1. The number of nitrogens with one attached hydrogen (secondary N) is 2. The molecule has 2 N–H and O–H groups in total. The van der Waals surface area contributed by atoms with Gasteiger partial charge >= 0.3 is 0 Å². The van der Waals surface area contributed by atoms with Gasteiger partial charge in [-0.1, -0.05) is 51.5 Å². The molecule has 148 valence electrons. The molecular formula is C23H29N3OS. The Balaban J connectivity index is 1.53. The molecule has 0 bridgehead atoms. The van der Waals surface area contributed by atoms with E-state index in [2.05, 4.69) is 55.3 Å². The van der Waals surface area contributed by atoms with E-state index in [1.165, 1.54) is 28.0 Å². The second-order valence-electron chi connectivity index (χ2n) is 8.14. The van der Waals surface area contributed by atoms with Gasteiger partial charge < -0.3 is 10.3 Å². The lowest BCUT2D eigenvalue weighted by Gasteiger charge is -2.23. The van der Waals surface area contributed by atoms with Crippen LogP contribution >= 0.6 is 11.3 Å². The van der Waals surface area contributed by atoms with Crippen molar-refractivity contribution in [2.24, 2.45) is 5.92 Å². The Labute approximate surface area is 170 Å². The standard InChI is InChI=1S/C23H29N3OS/c1-4-6-15-9-11-16(12-10-15)21(14(2)3)24-13-19-25-22(27)20-17-7-5-8-18(17)28-23(20)26-19/h9-12,14,21,24H,4-8,13H2,1-3H3,(H,25,26,27)/t21-/m1/s1. The molecule has 0 saturated heterocycles. The summed E-state index contributed by atoms with van der Waals surface area (Å²) >= 11 is 1.70. The van der Waals surface area contributed by atoms with Gasteiger partial charge in [-0.05, 0) is 48.3 Å². The van der Waals surface area contributed by atoms with Crippen molar-refractivity contribution in [3.05, 3.63) is 62.0 Å². The van der Waals surface area contributed by atoms with Crippen LogP contribution in [0.5, 0.6) is 0 Å². The molecule has 0 fully saturated rings. The van der Waals surface area contributed by atoms with Crippen LogP contribution in [0.1, 0.15) is 67.0 Å².